The number of anilines is 3. The van der Waals surface area contributed by atoms with Crippen molar-refractivity contribution in [1.29, 1.82) is 0 Å². The average molecular weight is 845 g/mol. The van der Waals surface area contributed by atoms with Crippen LogP contribution in [0.3, 0.4) is 0 Å². The Morgan fingerprint density at radius 2 is 0.877 bits per heavy atom. The van der Waals surface area contributed by atoms with Crippen molar-refractivity contribution in [3.63, 3.8) is 0 Å². The van der Waals surface area contributed by atoms with E-state index in [1.54, 1.807) is 0 Å². The Labute approximate surface area is 378 Å². The Hall–Kier alpha value is -8.18. The minimum absolute atomic E-state index is 0.565. The van der Waals surface area contributed by atoms with E-state index in [4.69, 9.17) is 4.42 Å². The van der Waals surface area contributed by atoms with Gasteiger partial charge in [-0.15, -0.1) is 11.3 Å². The molecule has 0 amide bonds. The standard InChI is InChI=1S/C61H36N2OS/c1-7-19-51-41(13-1)42-14-2-8-20-52(42)61(51)53-34-38(25-29-43(53)44-30-26-39(35-54(44)61)63-55-21-9-3-15-45(55)46-16-4-10-22-56(46)63)62(37-28-32-60-50(33-37)49-18-6-12-24-59(49)65-60)40-27-31-48-47-17-5-11-23-57(47)64-58(48)36-40/h1-36H. The van der Waals surface area contributed by atoms with Gasteiger partial charge in [-0.3, -0.25) is 0 Å². The SMILES string of the molecule is c1ccc2c(c1)-c1ccccc1C21c2cc(N(c3ccc4c(c3)oc3ccccc34)c3ccc4sc5ccccc5c4c3)ccc2-c2ccc(-n3c4ccccc4c4ccccc43)cc21. The number of thiophene rings is 1. The lowest BCUT2D eigenvalue weighted by molar-refractivity contribution is 0.669. The van der Waals surface area contributed by atoms with Crippen LogP contribution in [0.4, 0.5) is 17.1 Å². The van der Waals surface area contributed by atoms with Gasteiger partial charge in [0.1, 0.15) is 11.2 Å². The Balaban J connectivity index is 1.01. The molecule has 1 spiro atoms. The van der Waals surface area contributed by atoms with Crippen molar-refractivity contribution in [2.24, 2.45) is 0 Å². The molecule has 2 aliphatic rings. The number of hydrogen-bond donors (Lipinski definition) is 0. The molecule has 13 aromatic rings. The highest BCUT2D eigenvalue weighted by Crippen LogP contribution is 2.64. The lowest BCUT2D eigenvalue weighted by Gasteiger charge is -2.32. The maximum atomic E-state index is 6.57. The van der Waals surface area contributed by atoms with Crippen molar-refractivity contribution in [2.45, 2.75) is 5.41 Å². The van der Waals surface area contributed by atoms with Crippen LogP contribution < -0.4 is 4.90 Å². The molecular formula is C61H36N2OS. The fourth-order valence-corrected chi connectivity index (χ4v) is 12.8. The molecule has 0 atom stereocenters. The zero-order valence-electron chi connectivity index (χ0n) is 35.0. The summed E-state index contributed by atoms with van der Waals surface area (Å²) in [6.45, 7) is 0. The second kappa shape index (κ2) is 12.9. The molecule has 302 valence electrons. The van der Waals surface area contributed by atoms with Crippen molar-refractivity contribution < 1.29 is 4.42 Å². The summed E-state index contributed by atoms with van der Waals surface area (Å²) in [6, 6.07) is 81.0. The smallest absolute Gasteiger partial charge is 0.137 e. The van der Waals surface area contributed by atoms with E-state index in [2.05, 4.69) is 222 Å². The molecule has 3 aromatic heterocycles. The van der Waals surface area contributed by atoms with Gasteiger partial charge in [0.2, 0.25) is 0 Å². The molecule has 2 aliphatic carbocycles. The highest BCUT2D eigenvalue weighted by molar-refractivity contribution is 7.25. The minimum atomic E-state index is -0.565. The molecule has 0 saturated heterocycles. The van der Waals surface area contributed by atoms with Crippen LogP contribution in [0.2, 0.25) is 0 Å². The monoisotopic (exact) mass is 844 g/mol. The number of furan rings is 1. The number of nitrogens with zero attached hydrogens (tertiary/aromatic N) is 2. The first kappa shape index (κ1) is 35.3. The van der Waals surface area contributed by atoms with Crippen molar-refractivity contribution >= 4 is 92.3 Å². The maximum absolute atomic E-state index is 6.57. The first-order valence-electron chi connectivity index (χ1n) is 22.3. The fourth-order valence-electron chi connectivity index (χ4n) is 11.7. The molecule has 3 nitrogen and oxygen atoms in total. The van der Waals surface area contributed by atoms with Gasteiger partial charge in [0.15, 0.2) is 0 Å². The number of fused-ring (bicyclic) bond motifs is 19. The number of rotatable bonds is 4. The van der Waals surface area contributed by atoms with Gasteiger partial charge in [0, 0.05) is 70.5 Å². The van der Waals surface area contributed by atoms with Gasteiger partial charge in [0.25, 0.3) is 0 Å². The van der Waals surface area contributed by atoms with Crippen LogP contribution in [0.25, 0.3) is 91.9 Å². The predicted octanol–water partition coefficient (Wildman–Crippen LogP) is 16.9. The van der Waals surface area contributed by atoms with Crippen molar-refractivity contribution in [2.75, 3.05) is 4.90 Å². The molecule has 10 aromatic carbocycles. The van der Waals surface area contributed by atoms with Crippen LogP contribution in [0, 0.1) is 0 Å². The number of aromatic nitrogens is 1. The molecule has 0 radical (unpaired) electrons. The van der Waals surface area contributed by atoms with Gasteiger partial charge in [-0.1, -0.05) is 133 Å². The molecule has 0 aliphatic heterocycles. The predicted molar refractivity (Wildman–Crippen MR) is 272 cm³/mol. The van der Waals surface area contributed by atoms with Gasteiger partial charge in [-0.25, -0.2) is 0 Å². The van der Waals surface area contributed by atoms with E-state index in [1.807, 2.05) is 17.4 Å². The first-order valence-corrected chi connectivity index (χ1v) is 23.1. The van der Waals surface area contributed by atoms with Crippen LogP contribution in [-0.4, -0.2) is 4.57 Å². The Bertz CT molecular complexity index is 4070. The molecule has 65 heavy (non-hydrogen) atoms. The first-order chi connectivity index (χ1) is 32.2. The topological polar surface area (TPSA) is 21.3 Å². The minimum Gasteiger partial charge on any atom is -0.456 e. The van der Waals surface area contributed by atoms with E-state index in [9.17, 15) is 0 Å². The zero-order valence-corrected chi connectivity index (χ0v) is 35.8. The van der Waals surface area contributed by atoms with Crippen LogP contribution >= 0.6 is 11.3 Å². The summed E-state index contributed by atoms with van der Waals surface area (Å²) in [4.78, 5) is 2.44. The summed E-state index contributed by atoms with van der Waals surface area (Å²) in [7, 11) is 0. The maximum Gasteiger partial charge on any atom is 0.137 e. The normalized spacial score (nSPS) is 13.4. The summed E-state index contributed by atoms with van der Waals surface area (Å²) in [5.74, 6) is 0. The van der Waals surface area contributed by atoms with E-state index in [0.717, 1.165) is 44.7 Å². The fraction of sp³-hybridized carbons (Fsp3) is 0.0164. The molecular weight excluding hydrogens is 809 g/mol. The molecule has 0 N–H and O–H groups in total. The van der Waals surface area contributed by atoms with Crippen LogP contribution in [0.1, 0.15) is 22.3 Å². The lowest BCUT2D eigenvalue weighted by atomic mass is 9.70. The van der Waals surface area contributed by atoms with Crippen LogP contribution in [0.15, 0.2) is 223 Å². The second-order valence-electron chi connectivity index (χ2n) is 17.6. The summed E-state index contributed by atoms with van der Waals surface area (Å²) < 4.78 is 11.6. The summed E-state index contributed by atoms with van der Waals surface area (Å²) in [6.07, 6.45) is 0. The van der Waals surface area contributed by atoms with Crippen molar-refractivity contribution in [3.8, 4) is 27.9 Å². The van der Waals surface area contributed by atoms with E-state index >= 15 is 0 Å². The zero-order chi connectivity index (χ0) is 42.4. The number of benzene rings is 10. The van der Waals surface area contributed by atoms with E-state index in [0.29, 0.717) is 0 Å². The van der Waals surface area contributed by atoms with Crippen LogP contribution in [0.5, 0.6) is 0 Å². The number of hydrogen-bond acceptors (Lipinski definition) is 3. The van der Waals surface area contributed by atoms with Gasteiger partial charge in [-0.2, -0.15) is 0 Å². The van der Waals surface area contributed by atoms with Crippen molar-refractivity contribution in [1.82, 2.24) is 4.57 Å². The quantitative estimate of drug-likeness (QED) is 0.176. The summed E-state index contributed by atoms with van der Waals surface area (Å²) in [5, 5.41) is 7.31. The largest absolute Gasteiger partial charge is 0.456 e. The Morgan fingerprint density at radius 1 is 0.354 bits per heavy atom. The van der Waals surface area contributed by atoms with Crippen molar-refractivity contribution in [3.05, 3.63) is 241 Å². The van der Waals surface area contributed by atoms with E-state index < -0.39 is 5.41 Å². The Kier molecular flexibility index (Phi) is 7.03. The molecule has 15 rings (SSSR count). The third-order valence-electron chi connectivity index (χ3n) is 14.4. The third kappa shape index (κ3) is 4.68. The van der Waals surface area contributed by atoms with Gasteiger partial charge in [-0.05, 0) is 123 Å². The van der Waals surface area contributed by atoms with Crippen LogP contribution in [-0.2, 0) is 5.41 Å². The lowest BCUT2D eigenvalue weighted by Crippen LogP contribution is -2.26. The summed E-state index contributed by atoms with van der Waals surface area (Å²) >= 11 is 1.85. The molecule has 0 saturated carbocycles. The highest BCUT2D eigenvalue weighted by atomic mass is 32.1. The summed E-state index contributed by atoms with van der Waals surface area (Å²) in [5.41, 5.74) is 18.4. The van der Waals surface area contributed by atoms with Gasteiger partial charge in [0.05, 0.1) is 16.4 Å². The third-order valence-corrected chi connectivity index (χ3v) is 15.5. The second-order valence-corrected chi connectivity index (χ2v) is 18.6. The average Bonchev–Trinajstić information content (AvgIpc) is 4.15. The van der Waals surface area contributed by atoms with E-state index in [1.165, 1.54) is 86.5 Å². The van der Waals surface area contributed by atoms with Gasteiger partial charge < -0.3 is 13.9 Å². The number of para-hydroxylation sites is 3. The van der Waals surface area contributed by atoms with Gasteiger partial charge >= 0.3 is 0 Å². The highest BCUT2D eigenvalue weighted by Gasteiger charge is 2.52. The Morgan fingerprint density at radius 3 is 1.65 bits per heavy atom. The van der Waals surface area contributed by atoms with E-state index in [-0.39, 0.29) is 0 Å². The molecule has 3 heterocycles. The molecule has 0 bridgehead atoms. The molecule has 0 unspecified atom stereocenters. The molecule has 0 fully saturated rings. The molecule has 4 heteroatoms.